The van der Waals surface area contributed by atoms with E-state index in [9.17, 15) is 14.0 Å². The molecule has 2 aliphatic heterocycles. The number of aromatic nitrogens is 2. The normalized spacial score (nSPS) is 21.8. The van der Waals surface area contributed by atoms with Crippen LogP contribution in [0.2, 0.25) is 0 Å². The van der Waals surface area contributed by atoms with Crippen molar-refractivity contribution in [3.05, 3.63) is 41.8 Å². The zero-order valence-electron chi connectivity index (χ0n) is 19.1. The van der Waals surface area contributed by atoms with E-state index in [1.807, 2.05) is 0 Å². The molecule has 10 nitrogen and oxygen atoms in total. The van der Waals surface area contributed by atoms with Crippen molar-refractivity contribution < 1.29 is 18.7 Å². The fourth-order valence-corrected chi connectivity index (χ4v) is 4.45. The van der Waals surface area contributed by atoms with Crippen molar-refractivity contribution in [1.29, 1.82) is 5.41 Å². The number of anilines is 2. The summed E-state index contributed by atoms with van der Waals surface area (Å²) in [6.45, 7) is 2.58. The van der Waals surface area contributed by atoms with Gasteiger partial charge in [0.15, 0.2) is 5.82 Å². The van der Waals surface area contributed by atoms with E-state index >= 15 is 0 Å². The lowest BCUT2D eigenvalue weighted by Gasteiger charge is -2.37. The van der Waals surface area contributed by atoms with Crippen LogP contribution in [0.15, 0.2) is 30.5 Å². The molecule has 4 N–H and O–H groups in total. The molecule has 2 saturated heterocycles. The molecule has 34 heavy (non-hydrogen) atoms. The van der Waals surface area contributed by atoms with Gasteiger partial charge in [-0.25, -0.2) is 9.18 Å². The molecular formula is C23H30FN7O3. The summed E-state index contributed by atoms with van der Waals surface area (Å²) in [6.07, 6.45) is 4.61. The predicted octanol–water partition coefficient (Wildman–Crippen LogP) is 2.61. The van der Waals surface area contributed by atoms with E-state index in [4.69, 9.17) is 15.9 Å². The molecule has 2 amide bonds. The Morgan fingerprint density at radius 1 is 1.21 bits per heavy atom. The summed E-state index contributed by atoms with van der Waals surface area (Å²) in [4.78, 5) is 28.6. The van der Waals surface area contributed by atoms with Crippen LogP contribution in [0.4, 0.5) is 20.7 Å². The van der Waals surface area contributed by atoms with Crippen LogP contribution in [0.3, 0.4) is 0 Å². The first-order valence-corrected chi connectivity index (χ1v) is 11.4. The Kier molecular flexibility index (Phi) is 7.11. The topological polar surface area (TPSA) is 130 Å². The van der Waals surface area contributed by atoms with Crippen LogP contribution in [0, 0.1) is 17.1 Å². The third-order valence-electron chi connectivity index (χ3n) is 6.47. The lowest BCUT2D eigenvalue weighted by molar-refractivity contribution is 0.0235. The highest BCUT2D eigenvalue weighted by Gasteiger charge is 2.34. The number of rotatable bonds is 6. The van der Waals surface area contributed by atoms with Crippen molar-refractivity contribution in [2.75, 3.05) is 38.5 Å². The molecule has 0 saturated carbocycles. The van der Waals surface area contributed by atoms with E-state index < -0.39 is 5.91 Å². The molecule has 3 heterocycles. The number of hydrogen-bond acceptors (Lipinski definition) is 7. The van der Waals surface area contributed by atoms with E-state index in [-0.39, 0.29) is 41.4 Å². The van der Waals surface area contributed by atoms with Gasteiger partial charge in [-0.3, -0.25) is 9.48 Å². The SMILES string of the molecule is CN1CCC(OC(=O)N2CCC(n3cc(C(N)=O)c(Nc4ccc(F)cc4)n3)C(C=N)C2)CC1. The maximum absolute atomic E-state index is 13.2. The first-order valence-electron chi connectivity index (χ1n) is 11.4. The molecule has 182 valence electrons. The van der Waals surface area contributed by atoms with Gasteiger partial charge in [0.1, 0.15) is 17.5 Å². The third kappa shape index (κ3) is 5.36. The fourth-order valence-electron chi connectivity index (χ4n) is 4.45. The Morgan fingerprint density at radius 2 is 1.91 bits per heavy atom. The van der Waals surface area contributed by atoms with Gasteiger partial charge >= 0.3 is 6.09 Å². The maximum atomic E-state index is 13.2. The highest BCUT2D eigenvalue weighted by molar-refractivity contribution is 5.98. The van der Waals surface area contributed by atoms with E-state index in [2.05, 4.69) is 22.4 Å². The molecule has 2 fully saturated rings. The summed E-state index contributed by atoms with van der Waals surface area (Å²) in [7, 11) is 2.05. The summed E-state index contributed by atoms with van der Waals surface area (Å²) in [5, 5.41) is 15.4. The first-order chi connectivity index (χ1) is 16.3. The number of nitrogens with zero attached hydrogens (tertiary/aromatic N) is 4. The minimum Gasteiger partial charge on any atom is -0.446 e. The second-order valence-electron chi connectivity index (χ2n) is 8.89. The average Bonchev–Trinajstić information content (AvgIpc) is 3.25. The Morgan fingerprint density at radius 3 is 2.56 bits per heavy atom. The third-order valence-corrected chi connectivity index (χ3v) is 6.47. The summed E-state index contributed by atoms with van der Waals surface area (Å²) < 4.78 is 20.5. The zero-order chi connectivity index (χ0) is 24.2. The highest BCUT2D eigenvalue weighted by Crippen LogP contribution is 2.30. The second-order valence-corrected chi connectivity index (χ2v) is 8.89. The number of piperidine rings is 2. The van der Waals surface area contributed by atoms with E-state index in [0.717, 1.165) is 25.9 Å². The monoisotopic (exact) mass is 471 g/mol. The lowest BCUT2D eigenvalue weighted by atomic mass is 9.93. The van der Waals surface area contributed by atoms with Gasteiger partial charge in [0.05, 0.1) is 6.04 Å². The van der Waals surface area contributed by atoms with Crippen molar-refractivity contribution >= 4 is 29.7 Å². The lowest BCUT2D eigenvalue weighted by Crippen LogP contribution is -2.47. The number of ether oxygens (including phenoxy) is 1. The second kappa shape index (κ2) is 10.2. The Bertz CT molecular complexity index is 1030. The number of carbonyl (C=O) groups excluding carboxylic acids is 2. The van der Waals surface area contributed by atoms with Gasteiger partial charge in [0.25, 0.3) is 5.91 Å². The number of nitrogens with one attached hydrogen (secondary N) is 2. The van der Waals surface area contributed by atoms with E-state index in [1.54, 1.807) is 15.8 Å². The van der Waals surface area contributed by atoms with Crippen molar-refractivity contribution in [2.45, 2.75) is 31.4 Å². The van der Waals surface area contributed by atoms with Gasteiger partial charge in [-0.05, 0) is 50.6 Å². The molecule has 0 spiro atoms. The van der Waals surface area contributed by atoms with Gasteiger partial charge in [0, 0.05) is 50.2 Å². The van der Waals surface area contributed by atoms with Crippen molar-refractivity contribution in [2.24, 2.45) is 11.7 Å². The molecule has 2 unspecified atom stereocenters. The molecule has 4 rings (SSSR count). The van der Waals surface area contributed by atoms with Crippen molar-refractivity contribution in [3.63, 3.8) is 0 Å². The van der Waals surface area contributed by atoms with Crippen LogP contribution in [0.5, 0.6) is 0 Å². The number of primary amides is 1. The first kappa shape index (κ1) is 23.7. The summed E-state index contributed by atoms with van der Waals surface area (Å²) in [5.74, 6) is -1.08. The van der Waals surface area contributed by atoms with Crippen molar-refractivity contribution in [3.8, 4) is 0 Å². The largest absolute Gasteiger partial charge is 0.446 e. The number of amides is 2. The van der Waals surface area contributed by atoms with Crippen molar-refractivity contribution in [1.82, 2.24) is 19.6 Å². The summed E-state index contributed by atoms with van der Waals surface area (Å²) in [5.41, 5.74) is 6.30. The van der Waals surface area contributed by atoms with Crippen LogP contribution in [-0.4, -0.2) is 77.1 Å². The molecule has 1 aromatic carbocycles. The average molecular weight is 472 g/mol. The predicted molar refractivity (Wildman–Crippen MR) is 125 cm³/mol. The maximum Gasteiger partial charge on any atom is 0.410 e. The van der Waals surface area contributed by atoms with Crippen LogP contribution < -0.4 is 11.1 Å². The van der Waals surface area contributed by atoms with E-state index in [0.29, 0.717) is 25.2 Å². The smallest absolute Gasteiger partial charge is 0.410 e. The van der Waals surface area contributed by atoms with Crippen LogP contribution >= 0.6 is 0 Å². The number of benzene rings is 1. The molecular weight excluding hydrogens is 441 g/mol. The number of hydrogen-bond donors (Lipinski definition) is 3. The number of likely N-dealkylation sites (tertiary alicyclic amines) is 2. The minimum atomic E-state index is -0.651. The standard InChI is InChI=1S/C23H30FN7O3/c1-29-9-6-18(7-10-29)34-23(33)30-11-8-20(15(12-25)13-30)31-14-19(21(26)32)22(28-31)27-17-4-2-16(24)3-5-17/h2-5,12,14-15,18,20,25H,6-11,13H2,1H3,(H2,26,32)(H,27,28). The number of nitrogens with two attached hydrogens (primary N) is 1. The Labute approximate surface area is 197 Å². The van der Waals surface area contributed by atoms with Gasteiger partial charge in [-0.2, -0.15) is 5.10 Å². The van der Waals surface area contributed by atoms with Gasteiger partial charge in [-0.1, -0.05) is 0 Å². The van der Waals surface area contributed by atoms with Gasteiger partial charge in [-0.15, -0.1) is 0 Å². The fraction of sp³-hybridized carbons (Fsp3) is 0.478. The highest BCUT2D eigenvalue weighted by atomic mass is 19.1. The van der Waals surface area contributed by atoms with E-state index in [1.165, 1.54) is 30.5 Å². The minimum absolute atomic E-state index is 0.0795. The van der Waals surface area contributed by atoms with Crippen LogP contribution in [0.25, 0.3) is 0 Å². The molecule has 11 heteroatoms. The Hall–Kier alpha value is -3.47. The molecule has 0 radical (unpaired) electrons. The number of carbonyl (C=O) groups is 2. The molecule has 2 aliphatic rings. The molecule has 0 bridgehead atoms. The zero-order valence-corrected chi connectivity index (χ0v) is 19.1. The summed E-state index contributed by atoms with van der Waals surface area (Å²) in [6, 6.07) is 5.44. The summed E-state index contributed by atoms with van der Waals surface area (Å²) >= 11 is 0. The van der Waals surface area contributed by atoms with Gasteiger partial charge in [0.2, 0.25) is 0 Å². The molecule has 0 aliphatic carbocycles. The molecule has 1 aromatic heterocycles. The Balaban J connectivity index is 1.44. The van der Waals surface area contributed by atoms with Crippen LogP contribution in [0.1, 0.15) is 35.7 Å². The number of halogens is 1. The van der Waals surface area contributed by atoms with Gasteiger partial charge < -0.3 is 31.0 Å². The molecule has 2 aromatic rings. The quantitative estimate of drug-likeness (QED) is 0.556. The van der Waals surface area contributed by atoms with Crippen LogP contribution in [-0.2, 0) is 4.74 Å². The molecule has 2 atom stereocenters.